The molecule has 0 spiro atoms. The van der Waals surface area contributed by atoms with Crippen LogP contribution in [-0.2, 0) is 35.5 Å². The second-order valence-electron chi connectivity index (χ2n) is 19.2. The number of rotatable bonds is 12. The van der Waals surface area contributed by atoms with Crippen LogP contribution in [0.3, 0.4) is 0 Å². The van der Waals surface area contributed by atoms with Gasteiger partial charge in [0.05, 0.1) is 0 Å². The van der Waals surface area contributed by atoms with Crippen molar-refractivity contribution in [3.8, 4) is 11.1 Å². The van der Waals surface area contributed by atoms with Gasteiger partial charge in [-0.15, -0.1) is 0 Å². The van der Waals surface area contributed by atoms with Gasteiger partial charge in [-0.3, -0.25) is 0 Å². The third kappa shape index (κ3) is 6.26. The third-order valence-corrected chi connectivity index (χ3v) is 42.8. The molecule has 4 aromatic rings. The zero-order valence-electron chi connectivity index (χ0n) is 36.1. The molecule has 3 heteroatoms. The quantitative estimate of drug-likeness (QED) is 0.110. The second-order valence-corrected chi connectivity index (χ2v) is 42.5. The van der Waals surface area contributed by atoms with Crippen LogP contribution < -0.4 is 20.2 Å². The van der Waals surface area contributed by atoms with Gasteiger partial charge >= 0.3 is 336 Å². The fourth-order valence-corrected chi connectivity index (χ4v) is 34.7. The van der Waals surface area contributed by atoms with Gasteiger partial charge in [-0.1, -0.05) is 0 Å². The van der Waals surface area contributed by atoms with E-state index in [1.165, 1.54) is 70.6 Å². The molecule has 0 fully saturated rings. The molecule has 0 amide bonds. The molecule has 0 radical (unpaired) electrons. The van der Waals surface area contributed by atoms with E-state index in [1.54, 1.807) is 22.5 Å². The molecule has 54 heavy (non-hydrogen) atoms. The first-order chi connectivity index (χ1) is 25.5. The predicted molar refractivity (Wildman–Crippen MR) is 246 cm³/mol. The topological polar surface area (TPSA) is 0 Å². The van der Waals surface area contributed by atoms with Crippen LogP contribution in [0.5, 0.6) is 0 Å². The van der Waals surface area contributed by atoms with E-state index < -0.39 is 34.4 Å². The van der Waals surface area contributed by atoms with Crippen molar-refractivity contribution >= 4 is 40.5 Å². The van der Waals surface area contributed by atoms with Gasteiger partial charge in [0.15, 0.2) is 0 Å². The van der Waals surface area contributed by atoms with Crippen molar-refractivity contribution in [1.29, 1.82) is 0 Å². The summed E-state index contributed by atoms with van der Waals surface area (Å²) < 4.78 is 12.2. The van der Waals surface area contributed by atoms with E-state index in [4.69, 9.17) is 4.21 Å². The van der Waals surface area contributed by atoms with Crippen LogP contribution in [0, 0.1) is 0 Å². The Hall–Kier alpha value is -2.45. The number of allylic oxidation sites excluding steroid dienone is 4. The average molecular weight is 831 g/mol. The number of fused-ring (bicyclic) bond motifs is 3. The molecule has 0 N–H and O–H groups in total. The van der Waals surface area contributed by atoms with Crippen LogP contribution in [0.25, 0.3) is 11.1 Å². The minimum absolute atomic E-state index is 0.0572. The SMILES string of the molecule is [CH2]=[Zr]([C]1=CC=CC1)([c]1ccc([Si](CC)(CC)CC)cc1)([c]1ccc([Si](CC)(CC)CC)cc1)[c]1c(C(C)(C)C)ccc2c1Cc1cc(C(C)(C)C)ccc1-2. The Balaban J connectivity index is 1.78. The molecule has 0 saturated heterocycles. The third-order valence-electron chi connectivity index (χ3n) is 15.1. The molecular formula is C51H70Si2Zr. The number of benzene rings is 4. The fraction of sp³-hybridized carbons (Fsp3) is 0.431. The van der Waals surface area contributed by atoms with Gasteiger partial charge in [0, 0.05) is 0 Å². The van der Waals surface area contributed by atoms with E-state index in [9.17, 15) is 0 Å². The molecule has 6 rings (SSSR count). The molecule has 0 saturated carbocycles. The summed E-state index contributed by atoms with van der Waals surface area (Å²) in [7, 11) is -3.14. The number of hydrogen-bond donors (Lipinski definition) is 0. The van der Waals surface area contributed by atoms with Crippen molar-refractivity contribution in [3.05, 3.63) is 123 Å². The zero-order valence-corrected chi connectivity index (χ0v) is 40.6. The average Bonchev–Trinajstić information content (AvgIpc) is 3.85. The maximum atomic E-state index is 5.99. The van der Waals surface area contributed by atoms with E-state index in [2.05, 4.69) is 180 Å². The first-order valence-electron chi connectivity index (χ1n) is 21.4. The van der Waals surface area contributed by atoms with Gasteiger partial charge in [0.2, 0.25) is 0 Å². The van der Waals surface area contributed by atoms with Crippen LogP contribution >= 0.6 is 0 Å². The summed E-state index contributed by atoms with van der Waals surface area (Å²) in [4.78, 5) is 0. The van der Waals surface area contributed by atoms with Gasteiger partial charge in [0.1, 0.15) is 0 Å². The Bertz CT molecular complexity index is 2050. The molecule has 0 aromatic heterocycles. The van der Waals surface area contributed by atoms with Gasteiger partial charge < -0.3 is 0 Å². The first-order valence-corrected chi connectivity index (χ1v) is 33.3. The van der Waals surface area contributed by atoms with Crippen molar-refractivity contribution in [1.82, 2.24) is 0 Å². The molecule has 2 aliphatic carbocycles. The van der Waals surface area contributed by atoms with Gasteiger partial charge in [0.25, 0.3) is 0 Å². The van der Waals surface area contributed by atoms with Crippen LogP contribution in [0.1, 0.15) is 112 Å². The molecule has 4 aromatic carbocycles. The predicted octanol–water partition coefficient (Wildman–Crippen LogP) is 11.5. The summed E-state index contributed by atoms with van der Waals surface area (Å²) in [5, 5.41) is 3.25. The van der Waals surface area contributed by atoms with Crippen LogP contribution in [0.15, 0.2) is 100 Å². The summed E-state index contributed by atoms with van der Waals surface area (Å²) in [5.74, 6) is 0. The molecule has 0 heterocycles. The van der Waals surface area contributed by atoms with Crippen molar-refractivity contribution in [2.45, 2.75) is 143 Å². The Kier molecular flexibility index (Phi) is 11.3. The van der Waals surface area contributed by atoms with Crippen LogP contribution in [0.4, 0.5) is 0 Å². The standard InChI is InChI=1S/C21H25.2C12H19Si.C5H5.CH2.Zr/c1-20(2,3)16-7-9-18-14(12-16)11-15-13-17(21(4,5)6)8-10-19(15)18;2*1-4-13(5-2,6-3)12-10-8-7-9-11-12;1-2-4-5-3-1;;/h7-10,12H,11H2,1-6H3;2*8-11H,4-6H2,1-3H3;1-3H,4H2;1H2;. The van der Waals surface area contributed by atoms with Crippen LogP contribution in [-0.4, -0.2) is 20.4 Å². The van der Waals surface area contributed by atoms with E-state index in [0.29, 0.717) is 0 Å². The molecular weight excluding hydrogens is 760 g/mol. The fourth-order valence-electron chi connectivity index (χ4n) is 10.9. The van der Waals surface area contributed by atoms with Crippen molar-refractivity contribution in [2.75, 3.05) is 0 Å². The zero-order chi connectivity index (χ0) is 39.3. The summed E-state index contributed by atoms with van der Waals surface area (Å²) in [5.41, 5.74) is 8.83. The van der Waals surface area contributed by atoms with Crippen LogP contribution in [0.2, 0.25) is 36.3 Å². The van der Waals surface area contributed by atoms with Gasteiger partial charge in [-0.25, -0.2) is 0 Å². The molecule has 0 unspecified atom stereocenters. The summed E-state index contributed by atoms with van der Waals surface area (Å²) in [6.07, 6.45) is 9.21. The van der Waals surface area contributed by atoms with E-state index in [1.807, 2.05) is 0 Å². The van der Waals surface area contributed by atoms with E-state index in [-0.39, 0.29) is 10.8 Å². The summed E-state index contributed by atoms with van der Waals surface area (Å²) >= 11 is -5.01. The minimum atomic E-state index is -5.01. The van der Waals surface area contributed by atoms with Crippen molar-refractivity contribution in [3.63, 3.8) is 0 Å². The monoisotopic (exact) mass is 828 g/mol. The van der Waals surface area contributed by atoms with E-state index >= 15 is 0 Å². The second kappa shape index (κ2) is 14.8. The van der Waals surface area contributed by atoms with Gasteiger partial charge in [-0.2, -0.15) is 0 Å². The Morgan fingerprint density at radius 3 is 1.48 bits per heavy atom. The van der Waals surface area contributed by atoms with Gasteiger partial charge in [-0.05, 0) is 0 Å². The molecule has 2 aliphatic rings. The number of hydrogen-bond acceptors (Lipinski definition) is 0. The molecule has 0 atom stereocenters. The Morgan fingerprint density at radius 1 is 0.593 bits per heavy atom. The Labute approximate surface area is 333 Å². The molecule has 286 valence electrons. The normalized spacial score (nSPS) is 15.0. The maximum absolute atomic E-state index is 5.99. The van der Waals surface area contributed by atoms with E-state index in [0.717, 1.165) is 12.8 Å². The summed E-state index contributed by atoms with van der Waals surface area (Å²) in [6, 6.07) is 40.9. The summed E-state index contributed by atoms with van der Waals surface area (Å²) in [6.45, 7) is 29.0. The molecule has 0 aliphatic heterocycles. The Morgan fingerprint density at radius 2 is 1.07 bits per heavy atom. The van der Waals surface area contributed by atoms with Crippen molar-refractivity contribution in [2.24, 2.45) is 0 Å². The first kappa shape index (κ1) is 41.2. The molecule has 0 nitrogen and oxygen atoms in total. The molecule has 0 bridgehead atoms. The van der Waals surface area contributed by atoms with Crippen molar-refractivity contribution < 1.29 is 18.3 Å².